The van der Waals surface area contributed by atoms with Crippen LogP contribution < -0.4 is 5.32 Å². The number of anilines is 1. The van der Waals surface area contributed by atoms with Crippen LogP contribution in [-0.2, 0) is 14.3 Å². The lowest BCUT2D eigenvalue weighted by atomic mass is 10.2. The van der Waals surface area contributed by atoms with Crippen molar-refractivity contribution in [2.24, 2.45) is 0 Å². The molecule has 0 aliphatic heterocycles. The van der Waals surface area contributed by atoms with Gasteiger partial charge in [-0.1, -0.05) is 35.9 Å². The molecule has 0 heterocycles. The number of nitrogens with one attached hydrogen (secondary N) is 1. The molecule has 0 unspecified atom stereocenters. The molecule has 2 aromatic rings. The van der Waals surface area contributed by atoms with Gasteiger partial charge in [0.15, 0.2) is 6.10 Å². The fourth-order valence-electron chi connectivity index (χ4n) is 2.02. The summed E-state index contributed by atoms with van der Waals surface area (Å²) < 4.78 is 5.27. The van der Waals surface area contributed by atoms with E-state index in [1.165, 1.54) is 25.6 Å². The zero-order valence-electron chi connectivity index (χ0n) is 14.3. The van der Waals surface area contributed by atoms with E-state index in [1.54, 1.807) is 48.5 Å². The Morgan fingerprint density at radius 3 is 2.46 bits per heavy atom. The minimum atomic E-state index is -1.01. The second kappa shape index (κ2) is 9.40. The Labute approximate surface area is 161 Å². The van der Waals surface area contributed by atoms with E-state index in [4.69, 9.17) is 16.3 Å². The number of benzene rings is 2. The summed E-state index contributed by atoms with van der Waals surface area (Å²) in [6, 6.07) is 13.6. The molecule has 5 nitrogen and oxygen atoms in total. The van der Waals surface area contributed by atoms with Gasteiger partial charge < -0.3 is 10.1 Å². The smallest absolute Gasteiger partial charge is 0.340 e. The predicted molar refractivity (Wildman–Crippen MR) is 103 cm³/mol. The van der Waals surface area contributed by atoms with E-state index in [2.05, 4.69) is 5.32 Å². The highest BCUT2D eigenvalue weighted by atomic mass is 35.5. The summed E-state index contributed by atoms with van der Waals surface area (Å²) in [5.41, 5.74) is 0.760. The number of halogens is 1. The molecule has 0 fully saturated rings. The van der Waals surface area contributed by atoms with Gasteiger partial charge in [0, 0.05) is 4.90 Å². The first-order valence-corrected chi connectivity index (χ1v) is 9.22. The number of carbonyl (C=O) groups excluding carboxylic acids is 3. The van der Waals surface area contributed by atoms with E-state index in [0.29, 0.717) is 21.2 Å². The molecule has 1 amide bonds. The second-order valence-corrected chi connectivity index (χ2v) is 6.93. The van der Waals surface area contributed by atoms with Gasteiger partial charge in [0.1, 0.15) is 5.78 Å². The molecule has 1 N–H and O–H groups in total. The number of hydrogen-bond donors (Lipinski definition) is 1. The second-order valence-electron chi connectivity index (χ2n) is 5.50. The third kappa shape index (κ3) is 5.61. The summed E-state index contributed by atoms with van der Waals surface area (Å²) in [6.45, 7) is 2.96. The van der Waals surface area contributed by atoms with Crippen LogP contribution in [0, 0.1) is 0 Å². The molecule has 1 atom stereocenters. The zero-order valence-corrected chi connectivity index (χ0v) is 15.9. The van der Waals surface area contributed by atoms with Crippen LogP contribution >= 0.6 is 23.4 Å². The number of ether oxygens (including phenoxy) is 1. The van der Waals surface area contributed by atoms with Gasteiger partial charge in [-0.3, -0.25) is 9.59 Å². The predicted octanol–water partition coefficient (Wildman–Crippen LogP) is 4.21. The monoisotopic (exact) mass is 391 g/mol. The Bertz CT molecular complexity index is 825. The number of rotatable bonds is 7. The molecule has 0 bridgehead atoms. The van der Waals surface area contributed by atoms with Gasteiger partial charge in [0.05, 0.1) is 22.0 Å². The Morgan fingerprint density at radius 1 is 1.12 bits per heavy atom. The van der Waals surface area contributed by atoms with Gasteiger partial charge in [-0.05, 0) is 38.1 Å². The lowest BCUT2D eigenvalue weighted by Gasteiger charge is -2.15. The van der Waals surface area contributed by atoms with E-state index in [9.17, 15) is 14.4 Å². The average Bonchev–Trinajstić information content (AvgIpc) is 2.62. The summed E-state index contributed by atoms with van der Waals surface area (Å²) in [5, 5.41) is 3.02. The average molecular weight is 392 g/mol. The van der Waals surface area contributed by atoms with E-state index in [1.807, 2.05) is 0 Å². The lowest BCUT2D eigenvalue weighted by Crippen LogP contribution is -2.30. The maximum atomic E-state index is 12.4. The number of Topliss-reactive ketones (excluding diaryl/α,β-unsaturated/α-hetero) is 1. The SMILES string of the molecule is CC(=O)CSc1ccccc1C(=O)O[C@@H](C)C(=O)Nc1ccccc1Cl. The van der Waals surface area contributed by atoms with Gasteiger partial charge >= 0.3 is 5.97 Å². The molecule has 0 aliphatic carbocycles. The third-order valence-corrected chi connectivity index (χ3v) is 4.87. The van der Waals surface area contributed by atoms with Gasteiger partial charge in [-0.15, -0.1) is 11.8 Å². The highest BCUT2D eigenvalue weighted by Gasteiger charge is 2.21. The molecule has 0 spiro atoms. The van der Waals surface area contributed by atoms with Crippen LogP contribution in [0.3, 0.4) is 0 Å². The molecule has 136 valence electrons. The first-order chi connectivity index (χ1) is 12.4. The fraction of sp³-hybridized carbons (Fsp3) is 0.211. The van der Waals surface area contributed by atoms with Crippen LogP contribution in [0.15, 0.2) is 53.4 Å². The summed E-state index contributed by atoms with van der Waals surface area (Å²) >= 11 is 7.26. The maximum Gasteiger partial charge on any atom is 0.340 e. The number of ketones is 1. The van der Waals surface area contributed by atoms with E-state index < -0.39 is 18.0 Å². The largest absolute Gasteiger partial charge is 0.449 e. The standard InChI is InChI=1S/C19H18ClNO4S/c1-12(22)11-26-17-10-6-3-7-14(17)19(24)25-13(2)18(23)21-16-9-5-4-8-15(16)20/h3-10,13H,11H2,1-2H3,(H,21,23)/t13-/m0/s1. The third-order valence-electron chi connectivity index (χ3n) is 3.32. The first kappa shape index (κ1) is 20.0. The number of esters is 1. The van der Waals surface area contributed by atoms with Crippen molar-refractivity contribution in [3.63, 3.8) is 0 Å². The highest BCUT2D eigenvalue weighted by Crippen LogP contribution is 2.24. The summed E-state index contributed by atoms with van der Waals surface area (Å²) in [5.74, 6) is -0.850. The van der Waals surface area contributed by atoms with Crippen LogP contribution in [-0.4, -0.2) is 29.5 Å². The molecular weight excluding hydrogens is 374 g/mol. The number of carbonyl (C=O) groups is 3. The van der Waals surface area contributed by atoms with Crippen molar-refractivity contribution in [3.05, 3.63) is 59.1 Å². The van der Waals surface area contributed by atoms with Gasteiger partial charge in [0.25, 0.3) is 5.91 Å². The molecule has 0 radical (unpaired) electrons. The van der Waals surface area contributed by atoms with E-state index in [-0.39, 0.29) is 11.5 Å². The molecule has 26 heavy (non-hydrogen) atoms. The molecule has 0 aromatic heterocycles. The maximum absolute atomic E-state index is 12.4. The van der Waals surface area contributed by atoms with Gasteiger partial charge in [-0.25, -0.2) is 4.79 Å². The molecule has 0 aliphatic rings. The van der Waals surface area contributed by atoms with Crippen LogP contribution in [0.2, 0.25) is 5.02 Å². The van der Waals surface area contributed by atoms with Crippen LogP contribution in [0.25, 0.3) is 0 Å². The molecule has 7 heteroatoms. The van der Waals surface area contributed by atoms with Crippen molar-refractivity contribution in [1.82, 2.24) is 0 Å². The van der Waals surface area contributed by atoms with E-state index >= 15 is 0 Å². The summed E-state index contributed by atoms with van der Waals surface area (Å²) in [7, 11) is 0. The number of hydrogen-bond acceptors (Lipinski definition) is 5. The van der Waals surface area contributed by atoms with Crippen molar-refractivity contribution in [1.29, 1.82) is 0 Å². The Balaban J connectivity index is 2.04. The van der Waals surface area contributed by atoms with Crippen LogP contribution in [0.5, 0.6) is 0 Å². The fourth-order valence-corrected chi connectivity index (χ4v) is 3.04. The Morgan fingerprint density at radius 2 is 1.77 bits per heavy atom. The molecule has 2 aromatic carbocycles. The number of amides is 1. The van der Waals surface area contributed by atoms with Crippen LogP contribution in [0.1, 0.15) is 24.2 Å². The van der Waals surface area contributed by atoms with Crippen molar-refractivity contribution in [2.45, 2.75) is 24.8 Å². The highest BCUT2D eigenvalue weighted by molar-refractivity contribution is 8.00. The van der Waals surface area contributed by atoms with Gasteiger partial charge in [-0.2, -0.15) is 0 Å². The normalized spacial score (nSPS) is 11.5. The number of para-hydroxylation sites is 1. The lowest BCUT2D eigenvalue weighted by molar-refractivity contribution is -0.123. The quantitative estimate of drug-likeness (QED) is 0.565. The van der Waals surface area contributed by atoms with Crippen molar-refractivity contribution < 1.29 is 19.1 Å². The first-order valence-electron chi connectivity index (χ1n) is 7.86. The van der Waals surface area contributed by atoms with Gasteiger partial charge in [0.2, 0.25) is 0 Å². The molecule has 2 rings (SSSR count). The van der Waals surface area contributed by atoms with Crippen molar-refractivity contribution in [2.75, 3.05) is 11.1 Å². The minimum absolute atomic E-state index is 0.00524. The van der Waals surface area contributed by atoms with Crippen molar-refractivity contribution >= 4 is 46.7 Å². The Kier molecular flexibility index (Phi) is 7.24. The van der Waals surface area contributed by atoms with Crippen LogP contribution in [0.4, 0.5) is 5.69 Å². The van der Waals surface area contributed by atoms with Crippen molar-refractivity contribution in [3.8, 4) is 0 Å². The molecular formula is C19H18ClNO4S. The zero-order chi connectivity index (χ0) is 19.1. The molecule has 0 saturated heterocycles. The summed E-state index contributed by atoms with van der Waals surface area (Å²) in [6.07, 6.45) is -1.01. The topological polar surface area (TPSA) is 72.5 Å². The Hall–Kier alpha value is -2.31. The van der Waals surface area contributed by atoms with E-state index in [0.717, 1.165) is 0 Å². The molecule has 0 saturated carbocycles. The summed E-state index contributed by atoms with van der Waals surface area (Å²) in [4.78, 5) is 36.4. The minimum Gasteiger partial charge on any atom is -0.449 e. The number of thioether (sulfide) groups is 1.